The number of fused-ring (bicyclic) bond motifs is 1. The molecule has 1 heterocycles. The Bertz CT molecular complexity index is 707. The first-order valence-corrected chi connectivity index (χ1v) is 8.59. The predicted octanol–water partition coefficient (Wildman–Crippen LogP) is 3.16. The molecule has 0 unspecified atom stereocenters. The lowest BCUT2D eigenvalue weighted by Gasteiger charge is -2.45. The van der Waals surface area contributed by atoms with Crippen LogP contribution in [-0.2, 0) is 11.2 Å². The van der Waals surface area contributed by atoms with E-state index in [2.05, 4.69) is 11.0 Å². The van der Waals surface area contributed by atoms with E-state index in [9.17, 15) is 9.59 Å². The van der Waals surface area contributed by atoms with Gasteiger partial charge in [0, 0.05) is 29.5 Å². The monoisotopic (exact) mass is 331 g/mol. The summed E-state index contributed by atoms with van der Waals surface area (Å²) in [7, 11) is 3.98. The molecule has 1 aromatic rings. The second-order valence-corrected chi connectivity index (χ2v) is 7.09. The molecule has 0 atom stereocenters. The molecule has 1 saturated carbocycles. The van der Waals surface area contributed by atoms with Gasteiger partial charge in [-0.3, -0.25) is 4.79 Å². The van der Waals surface area contributed by atoms with Gasteiger partial charge in [0.2, 0.25) is 5.76 Å². The van der Waals surface area contributed by atoms with Crippen molar-refractivity contribution in [3.05, 3.63) is 34.3 Å². The summed E-state index contributed by atoms with van der Waals surface area (Å²) >= 11 is 0. The van der Waals surface area contributed by atoms with Crippen LogP contribution >= 0.6 is 0 Å². The Kier molecular flexibility index (Phi) is 4.38. The number of likely N-dealkylation sites (N-methyl/N-ethyl adjacent to an activating group) is 1. The van der Waals surface area contributed by atoms with E-state index in [1.807, 2.05) is 14.1 Å². The van der Waals surface area contributed by atoms with Gasteiger partial charge in [0.25, 0.3) is 0 Å². The molecule has 5 nitrogen and oxygen atoms in total. The number of allylic oxidation sites excluding steroid dienone is 1. The first-order valence-electron chi connectivity index (χ1n) is 8.59. The SMILES string of the molecule is CCOC(=O)c1oc2c(c1C)C(=O)/C(=C/CN(C)C)C1(CCC1)C2. The lowest BCUT2D eigenvalue weighted by atomic mass is 9.57. The number of Topliss-reactive ketones (excluding diaryl/α,β-unsaturated/α-hetero) is 1. The maximum atomic E-state index is 13.2. The highest BCUT2D eigenvalue weighted by Gasteiger charge is 2.49. The quantitative estimate of drug-likeness (QED) is 0.626. The van der Waals surface area contributed by atoms with E-state index in [0.29, 0.717) is 23.3 Å². The molecule has 0 radical (unpaired) electrons. The van der Waals surface area contributed by atoms with Gasteiger partial charge in [-0.2, -0.15) is 0 Å². The minimum Gasteiger partial charge on any atom is -0.460 e. The molecule has 0 saturated heterocycles. The summed E-state index contributed by atoms with van der Waals surface area (Å²) in [6, 6.07) is 0. The van der Waals surface area contributed by atoms with E-state index in [4.69, 9.17) is 9.15 Å². The lowest BCUT2D eigenvalue weighted by molar-refractivity contribution is 0.0483. The number of rotatable bonds is 4. The van der Waals surface area contributed by atoms with Crippen LogP contribution in [0.2, 0.25) is 0 Å². The van der Waals surface area contributed by atoms with Gasteiger partial charge in [-0.15, -0.1) is 0 Å². The molecular formula is C19H25NO4. The highest BCUT2D eigenvalue weighted by atomic mass is 16.5. The van der Waals surface area contributed by atoms with Crippen molar-refractivity contribution in [2.24, 2.45) is 5.41 Å². The molecule has 24 heavy (non-hydrogen) atoms. The highest BCUT2D eigenvalue weighted by molar-refractivity contribution is 6.13. The van der Waals surface area contributed by atoms with Crippen LogP contribution in [0.4, 0.5) is 0 Å². The molecule has 0 N–H and O–H groups in total. The summed E-state index contributed by atoms with van der Waals surface area (Å²) in [4.78, 5) is 27.3. The molecule has 2 aliphatic rings. The number of nitrogens with zero attached hydrogens (tertiary/aromatic N) is 1. The van der Waals surface area contributed by atoms with Crippen molar-refractivity contribution >= 4 is 11.8 Å². The third kappa shape index (κ3) is 2.61. The van der Waals surface area contributed by atoms with Crippen molar-refractivity contribution in [1.29, 1.82) is 0 Å². The number of carbonyl (C=O) groups excluding carboxylic acids is 2. The summed E-state index contributed by atoms with van der Waals surface area (Å²) in [5.74, 6) is 0.370. The molecule has 3 rings (SSSR count). The second kappa shape index (κ2) is 6.20. The van der Waals surface area contributed by atoms with E-state index >= 15 is 0 Å². The first-order chi connectivity index (χ1) is 11.4. The van der Waals surface area contributed by atoms with Crippen molar-refractivity contribution in [1.82, 2.24) is 4.90 Å². The predicted molar refractivity (Wildman–Crippen MR) is 90.4 cm³/mol. The van der Waals surface area contributed by atoms with Gasteiger partial charge in [-0.25, -0.2) is 4.79 Å². The Morgan fingerprint density at radius 2 is 2.08 bits per heavy atom. The van der Waals surface area contributed by atoms with Crippen LogP contribution in [-0.4, -0.2) is 43.9 Å². The van der Waals surface area contributed by atoms with Crippen LogP contribution in [0.15, 0.2) is 16.1 Å². The number of carbonyl (C=O) groups is 2. The normalized spacial score (nSPS) is 20.4. The zero-order valence-electron chi connectivity index (χ0n) is 14.9. The molecule has 130 valence electrons. The molecule has 0 aromatic carbocycles. The second-order valence-electron chi connectivity index (χ2n) is 7.09. The van der Waals surface area contributed by atoms with E-state index < -0.39 is 5.97 Å². The fourth-order valence-electron chi connectivity index (χ4n) is 3.80. The summed E-state index contributed by atoms with van der Waals surface area (Å²) in [6.07, 6.45) is 5.90. The maximum Gasteiger partial charge on any atom is 0.374 e. The topological polar surface area (TPSA) is 59.8 Å². The minimum atomic E-state index is -0.487. The standard InChI is InChI=1S/C19H25NO4/c1-5-23-18(22)17-12(2)15-14(24-17)11-19(8-6-9-19)13(16(15)21)7-10-20(3)4/h7H,5-6,8-11H2,1-4H3/b13-7-. The number of hydrogen-bond donors (Lipinski definition) is 0. The molecule has 0 amide bonds. The molecule has 0 aliphatic heterocycles. The van der Waals surface area contributed by atoms with Crippen LogP contribution in [0.5, 0.6) is 0 Å². The van der Waals surface area contributed by atoms with E-state index in [-0.39, 0.29) is 23.6 Å². The van der Waals surface area contributed by atoms with Crippen molar-refractivity contribution < 1.29 is 18.7 Å². The van der Waals surface area contributed by atoms with E-state index in [1.54, 1.807) is 13.8 Å². The first kappa shape index (κ1) is 17.0. The largest absolute Gasteiger partial charge is 0.460 e. The zero-order chi connectivity index (χ0) is 17.5. The third-order valence-corrected chi connectivity index (χ3v) is 5.19. The fraction of sp³-hybridized carbons (Fsp3) is 0.579. The Balaban J connectivity index is 2.04. The van der Waals surface area contributed by atoms with E-state index in [0.717, 1.165) is 31.4 Å². The summed E-state index contributed by atoms with van der Waals surface area (Å²) < 4.78 is 10.8. The summed E-state index contributed by atoms with van der Waals surface area (Å²) in [5, 5.41) is 0. The van der Waals surface area contributed by atoms with Crippen molar-refractivity contribution in [3.8, 4) is 0 Å². The lowest BCUT2D eigenvalue weighted by Crippen LogP contribution is -2.41. The average Bonchev–Trinajstić information content (AvgIpc) is 2.81. The van der Waals surface area contributed by atoms with Crippen LogP contribution in [0.25, 0.3) is 0 Å². The number of ketones is 1. The average molecular weight is 331 g/mol. The molecule has 5 heteroatoms. The number of esters is 1. The number of furan rings is 1. The van der Waals surface area contributed by atoms with Crippen LogP contribution in [0.3, 0.4) is 0 Å². The molecule has 0 bridgehead atoms. The van der Waals surface area contributed by atoms with E-state index in [1.165, 1.54) is 0 Å². The third-order valence-electron chi connectivity index (χ3n) is 5.19. The van der Waals surface area contributed by atoms with Gasteiger partial charge < -0.3 is 14.1 Å². The summed E-state index contributed by atoms with van der Waals surface area (Å²) in [6.45, 7) is 4.55. The Hall–Kier alpha value is -1.88. The molecule has 1 spiro atoms. The van der Waals surface area contributed by atoms with Crippen LogP contribution in [0, 0.1) is 12.3 Å². The molecular weight excluding hydrogens is 306 g/mol. The van der Waals surface area contributed by atoms with Gasteiger partial charge in [-0.1, -0.05) is 12.5 Å². The number of ether oxygens (including phenoxy) is 1. The van der Waals surface area contributed by atoms with Crippen LogP contribution in [0.1, 0.15) is 58.4 Å². The maximum absolute atomic E-state index is 13.2. The molecule has 2 aliphatic carbocycles. The van der Waals surface area contributed by atoms with Gasteiger partial charge in [-0.05, 0) is 40.8 Å². The Labute approximate surface area is 142 Å². The van der Waals surface area contributed by atoms with Crippen LogP contribution < -0.4 is 0 Å². The number of hydrogen-bond acceptors (Lipinski definition) is 5. The zero-order valence-corrected chi connectivity index (χ0v) is 14.9. The minimum absolute atomic E-state index is 0.0228. The van der Waals surface area contributed by atoms with Crippen molar-refractivity contribution in [2.45, 2.75) is 39.5 Å². The fourth-order valence-corrected chi connectivity index (χ4v) is 3.80. The highest BCUT2D eigenvalue weighted by Crippen LogP contribution is 2.54. The summed E-state index contributed by atoms with van der Waals surface area (Å²) in [5.41, 5.74) is 1.98. The molecule has 1 aromatic heterocycles. The van der Waals surface area contributed by atoms with Gasteiger partial charge >= 0.3 is 5.97 Å². The van der Waals surface area contributed by atoms with Gasteiger partial charge in [0.05, 0.1) is 12.2 Å². The van der Waals surface area contributed by atoms with Gasteiger partial charge in [0.15, 0.2) is 5.78 Å². The Morgan fingerprint density at radius 1 is 1.38 bits per heavy atom. The van der Waals surface area contributed by atoms with Crippen molar-refractivity contribution in [3.63, 3.8) is 0 Å². The molecule has 1 fully saturated rings. The smallest absolute Gasteiger partial charge is 0.374 e. The van der Waals surface area contributed by atoms with Crippen molar-refractivity contribution in [2.75, 3.05) is 27.2 Å². The Morgan fingerprint density at radius 3 is 2.62 bits per heavy atom. The van der Waals surface area contributed by atoms with Gasteiger partial charge in [0.1, 0.15) is 5.76 Å².